The lowest BCUT2D eigenvalue weighted by molar-refractivity contribution is -0.0209. The van der Waals surface area contributed by atoms with E-state index < -0.39 is 0 Å². The van der Waals surface area contributed by atoms with Crippen LogP contribution in [0.3, 0.4) is 0 Å². The molecule has 160 valence electrons. The highest BCUT2D eigenvalue weighted by Gasteiger charge is 2.57. The highest BCUT2D eigenvalue weighted by molar-refractivity contribution is 5.97. The molecule has 0 radical (unpaired) electrons. The van der Waals surface area contributed by atoms with E-state index in [0.29, 0.717) is 23.3 Å². The maximum atomic E-state index is 12.4. The molecular weight excluding hydrogens is 374 g/mol. The Morgan fingerprint density at radius 2 is 1.87 bits per heavy atom. The molecule has 1 aromatic rings. The van der Waals surface area contributed by atoms with Crippen LogP contribution in [0.15, 0.2) is 41.3 Å². The van der Waals surface area contributed by atoms with E-state index in [2.05, 4.69) is 35.4 Å². The monoisotopic (exact) mass is 407 g/mol. The van der Waals surface area contributed by atoms with Gasteiger partial charge in [-0.1, -0.05) is 25.5 Å². The number of hydrazone groups is 1. The number of nitrogens with one attached hydrogen (secondary N) is 1. The Hall–Kier alpha value is -2.01. The molecule has 0 aliphatic heterocycles. The van der Waals surface area contributed by atoms with Crippen molar-refractivity contribution < 1.29 is 9.90 Å². The fourth-order valence-corrected chi connectivity index (χ4v) is 7.30. The second-order valence-electron chi connectivity index (χ2n) is 10.4. The van der Waals surface area contributed by atoms with Crippen molar-refractivity contribution >= 4 is 11.6 Å². The number of hydrogen-bond acceptors (Lipinski definition) is 4. The Labute approximate surface area is 179 Å². The quantitative estimate of drug-likeness (QED) is 0.560. The predicted molar refractivity (Wildman–Crippen MR) is 117 cm³/mol. The minimum Gasteiger partial charge on any atom is -0.393 e. The summed E-state index contributed by atoms with van der Waals surface area (Å²) in [4.78, 5) is 16.4. The molecule has 1 amide bonds. The Kier molecular flexibility index (Phi) is 4.85. The second kappa shape index (κ2) is 7.30. The molecule has 5 heteroatoms. The van der Waals surface area contributed by atoms with Crippen LogP contribution in [-0.2, 0) is 0 Å². The van der Waals surface area contributed by atoms with E-state index in [1.165, 1.54) is 24.1 Å². The van der Waals surface area contributed by atoms with E-state index in [-0.39, 0.29) is 22.8 Å². The van der Waals surface area contributed by atoms with Gasteiger partial charge >= 0.3 is 0 Å². The highest BCUT2D eigenvalue weighted by atomic mass is 16.3. The lowest BCUT2D eigenvalue weighted by atomic mass is 9.48. The van der Waals surface area contributed by atoms with Crippen LogP contribution in [0.1, 0.15) is 75.6 Å². The zero-order valence-corrected chi connectivity index (χ0v) is 18.1. The van der Waals surface area contributed by atoms with E-state index in [4.69, 9.17) is 0 Å². The van der Waals surface area contributed by atoms with Crippen LogP contribution < -0.4 is 5.43 Å². The summed E-state index contributed by atoms with van der Waals surface area (Å²) in [7, 11) is 0. The Balaban J connectivity index is 1.36. The number of carbonyl (C=O) groups is 1. The van der Waals surface area contributed by atoms with Crippen LogP contribution in [0.5, 0.6) is 0 Å². The molecule has 30 heavy (non-hydrogen) atoms. The van der Waals surface area contributed by atoms with Crippen molar-refractivity contribution in [3.05, 3.63) is 41.7 Å². The summed E-state index contributed by atoms with van der Waals surface area (Å²) in [5.74, 6) is 1.88. The van der Waals surface area contributed by atoms with Crippen molar-refractivity contribution in [2.24, 2.45) is 33.7 Å². The first kappa shape index (κ1) is 19.9. The van der Waals surface area contributed by atoms with Crippen LogP contribution in [-0.4, -0.2) is 27.8 Å². The number of amides is 1. The zero-order chi connectivity index (χ0) is 20.9. The van der Waals surface area contributed by atoms with E-state index in [1.807, 2.05) is 0 Å². The molecule has 5 rings (SSSR count). The molecule has 0 spiro atoms. The van der Waals surface area contributed by atoms with Gasteiger partial charge in [-0.2, -0.15) is 5.10 Å². The third-order valence-electron chi connectivity index (χ3n) is 9.05. The first-order chi connectivity index (χ1) is 14.4. The third kappa shape index (κ3) is 3.05. The number of hydrogen-bond donors (Lipinski definition) is 2. The van der Waals surface area contributed by atoms with Crippen molar-refractivity contribution in [2.45, 2.75) is 71.3 Å². The van der Waals surface area contributed by atoms with E-state index in [9.17, 15) is 9.90 Å². The van der Waals surface area contributed by atoms with Crippen molar-refractivity contribution in [3.8, 4) is 0 Å². The molecule has 1 aromatic heterocycles. The van der Waals surface area contributed by atoms with Gasteiger partial charge < -0.3 is 5.11 Å². The minimum atomic E-state index is -0.163. The maximum absolute atomic E-state index is 12.4. The summed E-state index contributed by atoms with van der Waals surface area (Å²) < 4.78 is 0. The average Bonchev–Trinajstić information content (AvgIpc) is 3.09. The Morgan fingerprint density at radius 1 is 1.13 bits per heavy atom. The Morgan fingerprint density at radius 3 is 2.67 bits per heavy atom. The van der Waals surface area contributed by atoms with Gasteiger partial charge in [-0.25, -0.2) is 5.43 Å². The minimum absolute atomic E-state index is 0.0859. The van der Waals surface area contributed by atoms with E-state index in [1.54, 1.807) is 24.5 Å². The fourth-order valence-electron chi connectivity index (χ4n) is 7.30. The number of carbonyl (C=O) groups excluding carboxylic acids is 1. The molecule has 0 bridgehead atoms. The number of fused-ring (bicyclic) bond motifs is 5. The van der Waals surface area contributed by atoms with Gasteiger partial charge in [0.25, 0.3) is 5.91 Å². The number of aliphatic hydroxyl groups excluding tert-OH is 1. The van der Waals surface area contributed by atoms with Crippen LogP contribution in [0.25, 0.3) is 0 Å². The smallest absolute Gasteiger partial charge is 0.271 e. The maximum Gasteiger partial charge on any atom is 0.271 e. The largest absolute Gasteiger partial charge is 0.393 e. The van der Waals surface area contributed by atoms with Crippen molar-refractivity contribution in [1.29, 1.82) is 0 Å². The van der Waals surface area contributed by atoms with Gasteiger partial charge in [0, 0.05) is 29.1 Å². The number of pyridine rings is 1. The Bertz CT molecular complexity index is 895. The number of rotatable bonds is 2. The van der Waals surface area contributed by atoms with Gasteiger partial charge in [-0.3, -0.25) is 9.78 Å². The summed E-state index contributed by atoms with van der Waals surface area (Å²) >= 11 is 0. The number of nitrogens with zero attached hydrogens (tertiary/aromatic N) is 2. The van der Waals surface area contributed by atoms with Crippen LogP contribution in [0.2, 0.25) is 0 Å². The number of allylic oxidation sites excluding steroid dienone is 1. The van der Waals surface area contributed by atoms with Crippen LogP contribution in [0.4, 0.5) is 0 Å². The van der Waals surface area contributed by atoms with E-state index in [0.717, 1.165) is 38.5 Å². The van der Waals surface area contributed by atoms with Gasteiger partial charge in [-0.15, -0.1) is 0 Å². The zero-order valence-electron chi connectivity index (χ0n) is 18.1. The predicted octanol–water partition coefficient (Wildman–Crippen LogP) is 4.49. The SMILES string of the molecule is CC12CCC(O)CC1=CCC1C2CCC2(C)/C(=N\NC(=O)c3ccncc3)CCC12. The van der Waals surface area contributed by atoms with Crippen molar-refractivity contribution in [2.75, 3.05) is 0 Å². The molecular formula is C25H33N3O2. The molecule has 6 atom stereocenters. The third-order valence-corrected chi connectivity index (χ3v) is 9.05. The van der Waals surface area contributed by atoms with Gasteiger partial charge in [-0.05, 0) is 86.7 Å². The molecule has 3 saturated carbocycles. The molecule has 2 N–H and O–H groups in total. The topological polar surface area (TPSA) is 74.6 Å². The molecule has 0 saturated heterocycles. The summed E-state index contributed by atoms with van der Waals surface area (Å²) in [6, 6.07) is 3.43. The fraction of sp³-hybridized carbons (Fsp3) is 0.640. The highest BCUT2D eigenvalue weighted by Crippen LogP contribution is 2.64. The van der Waals surface area contributed by atoms with E-state index >= 15 is 0 Å². The molecule has 1 heterocycles. The van der Waals surface area contributed by atoms with Crippen molar-refractivity contribution in [1.82, 2.24) is 10.4 Å². The molecule has 6 unspecified atom stereocenters. The van der Waals surface area contributed by atoms with Crippen LogP contribution in [0, 0.1) is 28.6 Å². The molecule has 5 nitrogen and oxygen atoms in total. The first-order valence-corrected chi connectivity index (χ1v) is 11.6. The normalized spacial score (nSPS) is 41.4. The standard InChI is InChI=1S/C25H33N3O2/c1-24-11-7-18(29)15-17(24)3-4-19-20-5-6-22(25(20,2)12-8-21(19)24)27-28-23(30)16-9-13-26-14-10-16/h3,9-10,13-14,18-21,29H,4-8,11-12,15H2,1-2H3,(H,28,30)/b27-22-. The number of aromatic nitrogens is 1. The molecule has 4 aliphatic carbocycles. The average molecular weight is 408 g/mol. The van der Waals surface area contributed by atoms with Crippen LogP contribution >= 0.6 is 0 Å². The van der Waals surface area contributed by atoms with Gasteiger partial charge in [0.1, 0.15) is 0 Å². The lowest BCUT2D eigenvalue weighted by Gasteiger charge is -2.57. The van der Waals surface area contributed by atoms with Gasteiger partial charge in [0.15, 0.2) is 0 Å². The van der Waals surface area contributed by atoms with Gasteiger partial charge in [0.05, 0.1) is 6.10 Å². The first-order valence-electron chi connectivity index (χ1n) is 11.6. The summed E-state index contributed by atoms with van der Waals surface area (Å²) in [5, 5.41) is 14.8. The summed E-state index contributed by atoms with van der Waals surface area (Å²) in [6.45, 7) is 4.84. The van der Waals surface area contributed by atoms with Gasteiger partial charge in [0.2, 0.25) is 0 Å². The molecule has 0 aromatic carbocycles. The summed E-state index contributed by atoms with van der Waals surface area (Å²) in [6.07, 6.45) is 14.2. The molecule has 4 aliphatic rings. The number of aliphatic hydroxyl groups is 1. The summed E-state index contributed by atoms with van der Waals surface area (Å²) in [5.41, 5.74) is 6.44. The lowest BCUT2D eigenvalue weighted by Crippen LogP contribution is -2.50. The van der Waals surface area contributed by atoms with Crippen molar-refractivity contribution in [3.63, 3.8) is 0 Å². The second-order valence-corrected chi connectivity index (χ2v) is 10.4. The molecule has 3 fully saturated rings.